The number of aromatic nitrogens is 1. The average molecular weight is 478 g/mol. The molecule has 34 heavy (non-hydrogen) atoms. The molecule has 2 aromatic heterocycles. The molecule has 3 aromatic rings. The van der Waals surface area contributed by atoms with Crippen molar-refractivity contribution in [3.63, 3.8) is 0 Å². The van der Waals surface area contributed by atoms with E-state index in [-0.39, 0.29) is 17.9 Å². The second-order valence-electron chi connectivity index (χ2n) is 9.39. The highest BCUT2D eigenvalue weighted by molar-refractivity contribution is 7.07. The summed E-state index contributed by atoms with van der Waals surface area (Å²) in [5, 5.41) is 14.9. The molecule has 0 aliphatic carbocycles. The van der Waals surface area contributed by atoms with Gasteiger partial charge in [-0.15, -0.1) is 0 Å². The van der Waals surface area contributed by atoms with Crippen molar-refractivity contribution in [2.45, 2.75) is 38.5 Å². The van der Waals surface area contributed by atoms with Crippen LogP contribution in [0.5, 0.6) is 5.75 Å². The Balaban J connectivity index is 1.24. The maximum atomic E-state index is 13.3. The van der Waals surface area contributed by atoms with Crippen LogP contribution in [0.3, 0.4) is 0 Å². The van der Waals surface area contributed by atoms with Crippen LogP contribution >= 0.6 is 11.3 Å². The maximum absolute atomic E-state index is 13.3. The van der Waals surface area contributed by atoms with Gasteiger partial charge in [0.25, 0.3) is 0 Å². The van der Waals surface area contributed by atoms with Gasteiger partial charge in [-0.05, 0) is 60.2 Å². The van der Waals surface area contributed by atoms with E-state index in [0.717, 1.165) is 35.3 Å². The summed E-state index contributed by atoms with van der Waals surface area (Å²) in [6.07, 6.45) is 4.42. The van der Waals surface area contributed by atoms with Crippen LogP contribution in [0.4, 0.5) is 0 Å². The van der Waals surface area contributed by atoms with Crippen LogP contribution < -0.4 is 4.74 Å². The minimum absolute atomic E-state index is 0.0941. The lowest BCUT2D eigenvalue weighted by Gasteiger charge is -2.35. The van der Waals surface area contributed by atoms with Crippen LogP contribution in [0.25, 0.3) is 0 Å². The van der Waals surface area contributed by atoms with Crippen LogP contribution in [0.15, 0.2) is 59.6 Å². The fourth-order valence-corrected chi connectivity index (χ4v) is 5.71. The molecule has 5 rings (SSSR count). The van der Waals surface area contributed by atoms with Gasteiger partial charge in [0.05, 0.1) is 12.6 Å². The van der Waals surface area contributed by atoms with E-state index in [1.165, 1.54) is 5.56 Å². The van der Waals surface area contributed by atoms with Crippen molar-refractivity contribution in [3.05, 3.63) is 81.8 Å². The molecule has 0 bridgehead atoms. The molecule has 178 valence electrons. The smallest absolute Gasteiger partial charge is 0.236 e. The monoisotopic (exact) mass is 477 g/mol. The molecule has 1 fully saturated rings. The largest absolute Gasteiger partial charge is 0.484 e. The van der Waals surface area contributed by atoms with Crippen LogP contribution in [-0.4, -0.2) is 52.0 Å². The number of carbonyl (C=O) groups excluding carboxylic acids is 1. The van der Waals surface area contributed by atoms with Gasteiger partial charge in [0, 0.05) is 49.7 Å². The molecular weight excluding hydrogens is 446 g/mol. The number of nitrogens with zero attached hydrogens (tertiary/aromatic N) is 3. The molecule has 1 N–H and O–H groups in total. The standard InChI is InChI=1S/C27H31N3O3S/c1-19-4-5-24-23(13-19)15-29(16-25(33-24)22-8-12-34-18-22)17-26(31)30-10-6-20(7-11-30)27(32)21-3-2-9-28-14-21/h2-5,8-9,12-14,18,20,25,27,32H,6-7,10-11,15-17H2,1H3. The summed E-state index contributed by atoms with van der Waals surface area (Å²) in [6, 6.07) is 12.2. The van der Waals surface area contributed by atoms with E-state index in [1.54, 1.807) is 23.7 Å². The van der Waals surface area contributed by atoms with E-state index in [0.29, 0.717) is 32.7 Å². The average Bonchev–Trinajstić information content (AvgIpc) is 3.34. The third-order valence-corrected chi connectivity index (χ3v) is 7.64. The number of amides is 1. The first-order valence-corrected chi connectivity index (χ1v) is 12.9. The Morgan fingerprint density at radius 2 is 2.12 bits per heavy atom. The topological polar surface area (TPSA) is 65.9 Å². The molecule has 1 saturated heterocycles. The van der Waals surface area contributed by atoms with Gasteiger partial charge >= 0.3 is 0 Å². The van der Waals surface area contributed by atoms with Gasteiger partial charge in [-0.25, -0.2) is 0 Å². The molecule has 2 atom stereocenters. The number of fused-ring (bicyclic) bond motifs is 1. The quantitative estimate of drug-likeness (QED) is 0.592. The van der Waals surface area contributed by atoms with E-state index >= 15 is 0 Å². The Morgan fingerprint density at radius 3 is 2.85 bits per heavy atom. The first-order chi connectivity index (χ1) is 16.6. The molecule has 1 aromatic carbocycles. The Hall–Kier alpha value is -2.74. The SMILES string of the molecule is Cc1ccc2c(c1)CN(CC(=O)N1CCC(C(O)c3cccnc3)CC1)CC(c1ccsc1)O2. The normalized spacial score (nSPS) is 20.3. The lowest BCUT2D eigenvalue weighted by molar-refractivity contribution is -0.134. The van der Waals surface area contributed by atoms with Gasteiger partial charge in [0.2, 0.25) is 5.91 Å². The molecule has 6 nitrogen and oxygen atoms in total. The summed E-state index contributed by atoms with van der Waals surface area (Å²) in [6.45, 7) is 5.17. The number of aryl methyl sites for hydroxylation is 1. The minimum Gasteiger partial charge on any atom is -0.484 e. The second-order valence-corrected chi connectivity index (χ2v) is 10.2. The fraction of sp³-hybridized carbons (Fsp3) is 0.407. The van der Waals surface area contributed by atoms with Crippen molar-refractivity contribution >= 4 is 17.2 Å². The summed E-state index contributed by atoms with van der Waals surface area (Å²) in [4.78, 5) is 21.6. The summed E-state index contributed by atoms with van der Waals surface area (Å²) >= 11 is 1.66. The van der Waals surface area contributed by atoms with Crippen LogP contribution in [0.2, 0.25) is 0 Å². The second kappa shape index (κ2) is 10.3. The van der Waals surface area contributed by atoms with E-state index in [9.17, 15) is 9.90 Å². The Bertz CT molecular complexity index is 1100. The van der Waals surface area contributed by atoms with E-state index in [4.69, 9.17) is 4.74 Å². The van der Waals surface area contributed by atoms with E-state index in [1.807, 2.05) is 23.1 Å². The van der Waals surface area contributed by atoms with Crippen LogP contribution in [0, 0.1) is 12.8 Å². The fourth-order valence-electron chi connectivity index (χ4n) is 5.01. The number of hydrogen-bond acceptors (Lipinski definition) is 6. The molecule has 2 aliphatic rings. The highest BCUT2D eigenvalue weighted by Gasteiger charge is 2.31. The van der Waals surface area contributed by atoms with Gasteiger partial charge in [-0.3, -0.25) is 14.7 Å². The molecule has 0 saturated carbocycles. The zero-order valence-corrected chi connectivity index (χ0v) is 20.3. The molecule has 2 unspecified atom stereocenters. The number of hydrogen-bond donors (Lipinski definition) is 1. The highest BCUT2D eigenvalue weighted by atomic mass is 32.1. The Kier molecular flexibility index (Phi) is 6.94. The molecule has 7 heteroatoms. The first-order valence-electron chi connectivity index (χ1n) is 11.9. The predicted octanol–water partition coefficient (Wildman–Crippen LogP) is 4.36. The number of thiophene rings is 1. The minimum atomic E-state index is -0.528. The summed E-state index contributed by atoms with van der Waals surface area (Å²) in [5.41, 5.74) is 4.33. The number of benzene rings is 1. The third kappa shape index (κ3) is 5.17. The van der Waals surface area contributed by atoms with Gasteiger partial charge in [0.15, 0.2) is 0 Å². The molecule has 2 aliphatic heterocycles. The molecule has 4 heterocycles. The van der Waals surface area contributed by atoms with Crippen LogP contribution in [-0.2, 0) is 11.3 Å². The Morgan fingerprint density at radius 1 is 1.26 bits per heavy atom. The number of carbonyl (C=O) groups is 1. The van der Waals surface area contributed by atoms with Crippen molar-refractivity contribution in [2.75, 3.05) is 26.2 Å². The molecule has 0 spiro atoms. The van der Waals surface area contributed by atoms with Gasteiger partial charge < -0.3 is 14.7 Å². The zero-order chi connectivity index (χ0) is 23.5. The summed E-state index contributed by atoms with van der Waals surface area (Å²) in [5.74, 6) is 1.20. The Labute approximate surface area is 204 Å². The van der Waals surface area contributed by atoms with Gasteiger partial charge in [-0.1, -0.05) is 23.8 Å². The highest BCUT2D eigenvalue weighted by Crippen LogP contribution is 2.33. The van der Waals surface area contributed by atoms with Crippen molar-refractivity contribution in [2.24, 2.45) is 5.92 Å². The zero-order valence-electron chi connectivity index (χ0n) is 19.5. The summed E-state index contributed by atoms with van der Waals surface area (Å²) < 4.78 is 6.40. The maximum Gasteiger partial charge on any atom is 0.236 e. The van der Waals surface area contributed by atoms with Crippen molar-refractivity contribution < 1.29 is 14.6 Å². The van der Waals surface area contributed by atoms with Crippen molar-refractivity contribution in [1.82, 2.24) is 14.8 Å². The predicted molar refractivity (Wildman–Crippen MR) is 133 cm³/mol. The number of ether oxygens (including phenoxy) is 1. The number of aliphatic hydroxyl groups is 1. The number of aliphatic hydroxyl groups excluding tert-OH is 1. The number of pyridine rings is 1. The van der Waals surface area contributed by atoms with Crippen molar-refractivity contribution in [3.8, 4) is 5.75 Å². The number of rotatable bonds is 5. The van der Waals surface area contributed by atoms with Gasteiger partial charge in [-0.2, -0.15) is 11.3 Å². The molecule has 1 amide bonds. The number of piperidine rings is 1. The molecular formula is C27H31N3O3S. The third-order valence-electron chi connectivity index (χ3n) is 6.94. The molecule has 0 radical (unpaired) electrons. The van der Waals surface area contributed by atoms with E-state index < -0.39 is 6.10 Å². The summed E-state index contributed by atoms with van der Waals surface area (Å²) in [7, 11) is 0. The van der Waals surface area contributed by atoms with E-state index in [2.05, 4.69) is 45.8 Å². The lowest BCUT2D eigenvalue weighted by Crippen LogP contribution is -2.45. The lowest BCUT2D eigenvalue weighted by atomic mass is 9.88. The first kappa shape index (κ1) is 23.0. The van der Waals surface area contributed by atoms with Crippen LogP contribution in [0.1, 0.15) is 47.3 Å². The van der Waals surface area contributed by atoms with Crippen molar-refractivity contribution in [1.29, 1.82) is 0 Å². The van der Waals surface area contributed by atoms with Gasteiger partial charge in [0.1, 0.15) is 11.9 Å². The number of likely N-dealkylation sites (tertiary alicyclic amines) is 1.